The molecule has 2 aliphatic rings. The summed E-state index contributed by atoms with van der Waals surface area (Å²) in [5.74, 6) is -0.0406. The number of nitrogens with one attached hydrogen (secondary N) is 1. The number of carbonyl (C=O) groups is 1. The lowest BCUT2D eigenvalue weighted by Crippen LogP contribution is -2.57. The number of amides is 1. The van der Waals surface area contributed by atoms with Gasteiger partial charge in [-0.05, 0) is 18.9 Å². The van der Waals surface area contributed by atoms with E-state index in [9.17, 15) is 23.3 Å². The smallest absolute Gasteiger partial charge is 0.289 e. The molecule has 1 N–H and O–H groups in total. The lowest BCUT2D eigenvalue weighted by atomic mass is 10.1. The van der Waals surface area contributed by atoms with E-state index in [1.54, 1.807) is 4.90 Å². The lowest BCUT2D eigenvalue weighted by Gasteiger charge is -2.40. The van der Waals surface area contributed by atoms with Crippen LogP contribution in [0.5, 0.6) is 0 Å². The number of nitro groups is 1. The van der Waals surface area contributed by atoms with Gasteiger partial charge in [0.05, 0.1) is 11.5 Å². The summed E-state index contributed by atoms with van der Waals surface area (Å²) in [6.45, 7) is 1.95. The van der Waals surface area contributed by atoms with E-state index in [2.05, 4.69) is 5.32 Å². The van der Waals surface area contributed by atoms with Gasteiger partial charge in [-0.15, -0.1) is 12.4 Å². The Balaban J connectivity index is 0.00000243. The predicted molar refractivity (Wildman–Crippen MR) is 96.7 cm³/mol. The van der Waals surface area contributed by atoms with Gasteiger partial charge in [0.25, 0.3) is 5.69 Å². The molecule has 0 spiro atoms. The maximum Gasteiger partial charge on any atom is 0.289 e. The van der Waals surface area contributed by atoms with E-state index < -0.39 is 20.6 Å². The summed E-state index contributed by atoms with van der Waals surface area (Å²) in [7, 11) is -3.99. The van der Waals surface area contributed by atoms with E-state index in [0.717, 1.165) is 6.42 Å². The number of rotatable bonds is 4. The Bertz CT molecular complexity index is 788. The summed E-state index contributed by atoms with van der Waals surface area (Å²) in [4.78, 5) is 24.0. The fourth-order valence-corrected chi connectivity index (χ4v) is 5.04. The zero-order valence-electron chi connectivity index (χ0n) is 14.0. The second-order valence-corrected chi connectivity index (χ2v) is 8.05. The summed E-state index contributed by atoms with van der Waals surface area (Å²) >= 11 is 0. The number of halogens is 1. The molecule has 0 aliphatic carbocycles. The quantitative estimate of drug-likeness (QED) is 0.580. The first-order valence-corrected chi connectivity index (χ1v) is 9.59. The summed E-state index contributed by atoms with van der Waals surface area (Å²) in [6, 6.07) is 5.17. The fourth-order valence-electron chi connectivity index (χ4n) is 3.37. The third kappa shape index (κ3) is 3.98. The Morgan fingerprint density at radius 3 is 2.65 bits per heavy atom. The van der Waals surface area contributed by atoms with Crippen molar-refractivity contribution in [2.24, 2.45) is 0 Å². The Morgan fingerprint density at radius 2 is 1.96 bits per heavy atom. The van der Waals surface area contributed by atoms with Crippen molar-refractivity contribution in [1.82, 2.24) is 14.5 Å². The van der Waals surface area contributed by atoms with E-state index in [4.69, 9.17) is 0 Å². The van der Waals surface area contributed by atoms with E-state index >= 15 is 0 Å². The highest BCUT2D eigenvalue weighted by Gasteiger charge is 2.37. The van der Waals surface area contributed by atoms with Crippen LogP contribution in [0, 0.1) is 10.1 Å². The fraction of sp³-hybridized carbons (Fsp3) is 0.533. The van der Waals surface area contributed by atoms with Crippen molar-refractivity contribution < 1.29 is 18.1 Å². The molecule has 2 aliphatic heterocycles. The topological polar surface area (TPSA) is 113 Å². The van der Waals surface area contributed by atoms with Gasteiger partial charge in [0.1, 0.15) is 0 Å². The van der Waals surface area contributed by atoms with Crippen LogP contribution in [-0.4, -0.2) is 67.2 Å². The number of piperidine rings is 1. The molecule has 0 aromatic heterocycles. The largest absolute Gasteiger partial charge is 0.336 e. The van der Waals surface area contributed by atoms with Crippen LogP contribution in [0.3, 0.4) is 0 Å². The van der Waals surface area contributed by atoms with Gasteiger partial charge in [0.2, 0.25) is 15.9 Å². The third-order valence-electron chi connectivity index (χ3n) is 4.61. The zero-order valence-corrected chi connectivity index (χ0v) is 15.7. The minimum absolute atomic E-state index is 0. The number of nitro benzene ring substituents is 1. The van der Waals surface area contributed by atoms with Crippen molar-refractivity contribution in [2.45, 2.75) is 23.8 Å². The molecule has 0 saturated carbocycles. The molecule has 11 heteroatoms. The first-order valence-electron chi connectivity index (χ1n) is 8.15. The number of para-hydroxylation sites is 1. The number of hydrogen-bond acceptors (Lipinski definition) is 6. The van der Waals surface area contributed by atoms with Crippen LogP contribution >= 0.6 is 12.4 Å². The van der Waals surface area contributed by atoms with Crippen molar-refractivity contribution in [2.75, 3.05) is 32.7 Å². The normalized spacial score (nSPS) is 21.9. The number of nitrogens with zero attached hydrogens (tertiary/aromatic N) is 3. The van der Waals surface area contributed by atoms with Gasteiger partial charge >= 0.3 is 0 Å². The summed E-state index contributed by atoms with van der Waals surface area (Å²) in [6.07, 6.45) is 1.34. The first-order chi connectivity index (χ1) is 11.9. The summed E-state index contributed by atoms with van der Waals surface area (Å²) in [5, 5.41) is 14.2. The molecule has 3 rings (SSSR count). The molecule has 2 saturated heterocycles. The number of hydrogen-bond donors (Lipinski definition) is 1. The van der Waals surface area contributed by atoms with Crippen molar-refractivity contribution in [3.63, 3.8) is 0 Å². The Labute approximate surface area is 158 Å². The van der Waals surface area contributed by atoms with Crippen LogP contribution in [0.1, 0.15) is 12.8 Å². The van der Waals surface area contributed by atoms with Gasteiger partial charge < -0.3 is 10.2 Å². The van der Waals surface area contributed by atoms with Crippen molar-refractivity contribution in [3.05, 3.63) is 34.4 Å². The van der Waals surface area contributed by atoms with Gasteiger partial charge in [-0.25, -0.2) is 8.42 Å². The number of benzene rings is 1. The maximum atomic E-state index is 12.9. The van der Waals surface area contributed by atoms with Crippen LogP contribution < -0.4 is 5.32 Å². The average Bonchev–Trinajstić information content (AvgIpc) is 2.62. The monoisotopic (exact) mass is 404 g/mol. The van der Waals surface area contributed by atoms with Gasteiger partial charge in [0, 0.05) is 38.3 Å². The molecule has 1 amide bonds. The number of carbonyl (C=O) groups excluding carboxylic acids is 1. The minimum Gasteiger partial charge on any atom is -0.336 e. The molecule has 9 nitrogen and oxygen atoms in total. The molecule has 0 bridgehead atoms. The van der Waals surface area contributed by atoms with Crippen molar-refractivity contribution in [1.29, 1.82) is 0 Å². The number of sulfonamides is 1. The van der Waals surface area contributed by atoms with E-state index in [-0.39, 0.29) is 42.3 Å². The molecule has 1 aromatic carbocycles. The number of piperazine rings is 1. The van der Waals surface area contributed by atoms with Gasteiger partial charge in [-0.3, -0.25) is 14.9 Å². The van der Waals surface area contributed by atoms with E-state index in [1.165, 1.54) is 28.6 Å². The predicted octanol–water partition coefficient (Wildman–Crippen LogP) is 0.601. The second-order valence-electron chi connectivity index (χ2n) is 6.15. The molecular weight excluding hydrogens is 384 g/mol. The molecule has 2 fully saturated rings. The zero-order chi connectivity index (χ0) is 18.0. The highest BCUT2D eigenvalue weighted by Crippen LogP contribution is 2.29. The Morgan fingerprint density at radius 1 is 1.23 bits per heavy atom. The maximum absolute atomic E-state index is 12.9. The van der Waals surface area contributed by atoms with Crippen molar-refractivity contribution >= 4 is 34.0 Å². The standard InChI is InChI=1S/C15H20N4O5S.ClH/c20-15-10-16-7-9-18(15)12-4-3-8-17(11-12)25(23,24)14-6-2-1-5-13(14)19(21)22;/h1-2,5-6,12,16H,3-4,7-11H2;1H. The van der Waals surface area contributed by atoms with Gasteiger partial charge in [-0.2, -0.15) is 4.31 Å². The second kappa shape index (κ2) is 8.30. The van der Waals surface area contributed by atoms with Gasteiger partial charge in [0.15, 0.2) is 4.90 Å². The van der Waals surface area contributed by atoms with Crippen molar-refractivity contribution in [3.8, 4) is 0 Å². The van der Waals surface area contributed by atoms with Crippen LogP contribution in [0.25, 0.3) is 0 Å². The van der Waals surface area contributed by atoms with Crippen LogP contribution in [-0.2, 0) is 14.8 Å². The SMILES string of the molecule is Cl.O=C1CNCCN1C1CCCN(S(=O)(=O)c2ccccc2[N+](=O)[O-])C1. The van der Waals surface area contributed by atoms with Crippen LogP contribution in [0.2, 0.25) is 0 Å². The Hall–Kier alpha value is -1.75. The van der Waals surface area contributed by atoms with E-state index in [1.807, 2.05) is 0 Å². The molecule has 1 aromatic rings. The molecule has 0 radical (unpaired) electrons. The highest BCUT2D eigenvalue weighted by atomic mass is 35.5. The van der Waals surface area contributed by atoms with Crippen LogP contribution in [0.15, 0.2) is 29.2 Å². The molecule has 1 atom stereocenters. The lowest BCUT2D eigenvalue weighted by molar-refractivity contribution is -0.387. The minimum atomic E-state index is -3.99. The summed E-state index contributed by atoms with van der Waals surface area (Å²) in [5.41, 5.74) is -0.428. The molecule has 26 heavy (non-hydrogen) atoms. The Kier molecular flexibility index (Phi) is 6.56. The molecule has 144 valence electrons. The average molecular weight is 405 g/mol. The first kappa shape index (κ1) is 20.6. The van der Waals surface area contributed by atoms with E-state index in [0.29, 0.717) is 26.1 Å². The third-order valence-corrected chi connectivity index (χ3v) is 6.52. The molecule has 2 heterocycles. The summed E-state index contributed by atoms with van der Waals surface area (Å²) < 4.78 is 27.1. The molecule has 1 unspecified atom stereocenters. The van der Waals surface area contributed by atoms with Gasteiger partial charge in [-0.1, -0.05) is 12.1 Å². The van der Waals surface area contributed by atoms with Crippen LogP contribution in [0.4, 0.5) is 5.69 Å². The molecular formula is C15H21ClN4O5S. The highest BCUT2D eigenvalue weighted by molar-refractivity contribution is 7.89.